The molecule has 18 heavy (non-hydrogen) atoms. The van der Waals surface area contributed by atoms with Crippen LogP contribution in [0.5, 0.6) is 0 Å². The zero-order valence-electron chi connectivity index (χ0n) is 11.0. The summed E-state index contributed by atoms with van der Waals surface area (Å²) in [7, 11) is 1.66. The Labute approximate surface area is 107 Å². The van der Waals surface area contributed by atoms with E-state index in [1.165, 1.54) is 0 Å². The Morgan fingerprint density at radius 3 is 2.94 bits per heavy atom. The summed E-state index contributed by atoms with van der Waals surface area (Å²) in [6.07, 6.45) is 0. The minimum Gasteiger partial charge on any atom is -0.357 e. The fourth-order valence-corrected chi connectivity index (χ4v) is 2.22. The molecule has 1 saturated heterocycles. The molecule has 2 rings (SSSR count). The summed E-state index contributed by atoms with van der Waals surface area (Å²) in [6.45, 7) is 6.08. The molecule has 1 amide bonds. The number of carbonyl (C=O) groups excluding carboxylic acids is 1. The highest BCUT2D eigenvalue weighted by atomic mass is 16.2. The summed E-state index contributed by atoms with van der Waals surface area (Å²) in [5, 5.41) is 5.93. The number of anilines is 1. The van der Waals surface area contributed by atoms with E-state index in [1.54, 1.807) is 7.05 Å². The molecule has 1 aliphatic rings. The standard InChI is InChI=1S/C12H19N5O/c1-8-6-11(16-9(2)15-8)17-5-4-14-7-10(17)12(18)13-3/h6,10,14H,4-5,7H2,1-3H3,(H,13,18). The minimum absolute atomic E-state index is 0.0103. The van der Waals surface area contributed by atoms with E-state index in [9.17, 15) is 4.79 Å². The fraction of sp³-hybridized carbons (Fsp3) is 0.583. The molecule has 0 radical (unpaired) electrons. The second kappa shape index (κ2) is 5.30. The van der Waals surface area contributed by atoms with Crippen LogP contribution in [0.25, 0.3) is 0 Å². The molecule has 1 fully saturated rings. The van der Waals surface area contributed by atoms with Gasteiger partial charge in [-0.15, -0.1) is 0 Å². The largest absolute Gasteiger partial charge is 0.357 e. The van der Waals surface area contributed by atoms with Crippen molar-refractivity contribution in [3.63, 3.8) is 0 Å². The average molecular weight is 249 g/mol. The number of nitrogens with one attached hydrogen (secondary N) is 2. The lowest BCUT2D eigenvalue weighted by atomic mass is 10.1. The smallest absolute Gasteiger partial charge is 0.243 e. The zero-order valence-corrected chi connectivity index (χ0v) is 11.0. The first kappa shape index (κ1) is 12.8. The number of hydrogen-bond donors (Lipinski definition) is 2. The molecular formula is C12H19N5O. The van der Waals surface area contributed by atoms with Gasteiger partial charge in [0.2, 0.25) is 5.91 Å². The Bertz CT molecular complexity index is 428. The van der Waals surface area contributed by atoms with Gasteiger partial charge >= 0.3 is 0 Å². The number of aromatic nitrogens is 2. The molecule has 6 heteroatoms. The number of likely N-dealkylation sites (N-methyl/N-ethyl adjacent to an activating group) is 1. The first-order valence-electron chi connectivity index (χ1n) is 6.13. The van der Waals surface area contributed by atoms with Crippen LogP contribution in [0.1, 0.15) is 11.5 Å². The molecule has 0 aliphatic carbocycles. The number of hydrogen-bond acceptors (Lipinski definition) is 5. The summed E-state index contributed by atoms with van der Waals surface area (Å²) in [5.74, 6) is 1.57. The van der Waals surface area contributed by atoms with Gasteiger partial charge in [0.15, 0.2) is 0 Å². The van der Waals surface area contributed by atoms with Gasteiger partial charge < -0.3 is 15.5 Å². The maximum atomic E-state index is 11.9. The van der Waals surface area contributed by atoms with Crippen LogP contribution in [0, 0.1) is 13.8 Å². The third-order valence-electron chi connectivity index (χ3n) is 3.04. The monoisotopic (exact) mass is 249 g/mol. The molecule has 1 unspecified atom stereocenters. The van der Waals surface area contributed by atoms with Crippen LogP contribution in [0.15, 0.2) is 6.07 Å². The highest BCUT2D eigenvalue weighted by Gasteiger charge is 2.29. The SMILES string of the molecule is CNC(=O)C1CNCCN1c1cc(C)nc(C)n1. The second-order valence-corrected chi connectivity index (χ2v) is 4.44. The summed E-state index contributed by atoms with van der Waals surface area (Å²) in [4.78, 5) is 22.6. The molecule has 2 N–H and O–H groups in total. The number of amides is 1. The molecular weight excluding hydrogens is 230 g/mol. The lowest BCUT2D eigenvalue weighted by molar-refractivity contribution is -0.122. The van der Waals surface area contributed by atoms with Crippen molar-refractivity contribution in [1.82, 2.24) is 20.6 Å². The predicted octanol–water partition coefficient (Wildman–Crippen LogP) is -0.382. The van der Waals surface area contributed by atoms with Crippen LogP contribution in [0.3, 0.4) is 0 Å². The van der Waals surface area contributed by atoms with Gasteiger partial charge in [-0.1, -0.05) is 0 Å². The van der Waals surface area contributed by atoms with Gasteiger partial charge in [0.05, 0.1) is 0 Å². The number of nitrogens with zero attached hydrogens (tertiary/aromatic N) is 3. The fourth-order valence-electron chi connectivity index (χ4n) is 2.22. The van der Waals surface area contributed by atoms with Crippen molar-refractivity contribution in [3.05, 3.63) is 17.6 Å². The molecule has 0 bridgehead atoms. The van der Waals surface area contributed by atoms with Crippen molar-refractivity contribution in [2.75, 3.05) is 31.6 Å². The second-order valence-electron chi connectivity index (χ2n) is 4.44. The molecule has 6 nitrogen and oxygen atoms in total. The maximum Gasteiger partial charge on any atom is 0.243 e. The van der Waals surface area contributed by atoms with Gasteiger partial charge in [0.1, 0.15) is 17.7 Å². The molecule has 98 valence electrons. The number of carbonyl (C=O) groups is 1. The van der Waals surface area contributed by atoms with Crippen LogP contribution in [0.2, 0.25) is 0 Å². The predicted molar refractivity (Wildman–Crippen MR) is 69.6 cm³/mol. The summed E-state index contributed by atoms with van der Waals surface area (Å²) in [6, 6.07) is 1.71. The van der Waals surface area contributed by atoms with Crippen LogP contribution in [0.4, 0.5) is 5.82 Å². The minimum atomic E-state index is -0.211. The Hall–Kier alpha value is -1.69. The van der Waals surface area contributed by atoms with Gasteiger partial charge in [-0.25, -0.2) is 9.97 Å². The van der Waals surface area contributed by atoms with E-state index in [1.807, 2.05) is 24.8 Å². The number of aryl methyl sites for hydroxylation is 2. The van der Waals surface area contributed by atoms with Crippen molar-refractivity contribution >= 4 is 11.7 Å². The lowest BCUT2D eigenvalue weighted by Gasteiger charge is -2.35. The first-order chi connectivity index (χ1) is 8.61. The Morgan fingerprint density at radius 1 is 1.50 bits per heavy atom. The topological polar surface area (TPSA) is 70.2 Å². The molecule has 1 aliphatic heterocycles. The summed E-state index contributed by atoms with van der Waals surface area (Å²) < 4.78 is 0. The quantitative estimate of drug-likeness (QED) is 0.747. The van der Waals surface area contributed by atoms with Gasteiger partial charge in [-0.2, -0.15) is 0 Å². The molecule has 0 spiro atoms. The van der Waals surface area contributed by atoms with E-state index in [4.69, 9.17) is 0 Å². The van der Waals surface area contributed by atoms with Crippen molar-refractivity contribution in [3.8, 4) is 0 Å². The van der Waals surface area contributed by atoms with Crippen molar-refractivity contribution < 1.29 is 4.79 Å². The van der Waals surface area contributed by atoms with Crippen LogP contribution >= 0.6 is 0 Å². The average Bonchev–Trinajstić information content (AvgIpc) is 2.36. The van der Waals surface area contributed by atoms with E-state index in [2.05, 4.69) is 20.6 Å². The Balaban J connectivity index is 2.30. The molecule has 1 atom stereocenters. The van der Waals surface area contributed by atoms with Crippen LogP contribution in [-0.4, -0.2) is 48.6 Å². The molecule has 1 aromatic rings. The van der Waals surface area contributed by atoms with E-state index < -0.39 is 0 Å². The van der Waals surface area contributed by atoms with Gasteiger partial charge in [0, 0.05) is 38.4 Å². The lowest BCUT2D eigenvalue weighted by Crippen LogP contribution is -2.58. The highest BCUT2D eigenvalue weighted by molar-refractivity contribution is 5.85. The normalized spacial score (nSPS) is 19.7. The van der Waals surface area contributed by atoms with Crippen LogP contribution in [-0.2, 0) is 4.79 Å². The van der Waals surface area contributed by atoms with Gasteiger partial charge in [0.25, 0.3) is 0 Å². The Kier molecular flexibility index (Phi) is 3.76. The van der Waals surface area contributed by atoms with E-state index in [-0.39, 0.29) is 11.9 Å². The van der Waals surface area contributed by atoms with Crippen LogP contribution < -0.4 is 15.5 Å². The van der Waals surface area contributed by atoms with Crippen molar-refractivity contribution in [2.24, 2.45) is 0 Å². The highest BCUT2D eigenvalue weighted by Crippen LogP contribution is 2.17. The molecule has 0 saturated carbocycles. The third-order valence-corrected chi connectivity index (χ3v) is 3.04. The number of piperazine rings is 1. The van der Waals surface area contributed by atoms with Gasteiger partial charge in [-0.05, 0) is 13.8 Å². The van der Waals surface area contributed by atoms with Crippen molar-refractivity contribution in [1.29, 1.82) is 0 Å². The van der Waals surface area contributed by atoms with E-state index >= 15 is 0 Å². The molecule has 2 heterocycles. The summed E-state index contributed by atoms with van der Waals surface area (Å²) in [5.41, 5.74) is 0.923. The van der Waals surface area contributed by atoms with Gasteiger partial charge in [-0.3, -0.25) is 4.79 Å². The first-order valence-corrected chi connectivity index (χ1v) is 6.13. The van der Waals surface area contributed by atoms with Crippen molar-refractivity contribution in [2.45, 2.75) is 19.9 Å². The van der Waals surface area contributed by atoms with E-state index in [0.717, 1.165) is 30.4 Å². The zero-order chi connectivity index (χ0) is 13.1. The molecule has 1 aromatic heterocycles. The molecule has 0 aromatic carbocycles. The third kappa shape index (κ3) is 2.59. The number of rotatable bonds is 2. The van der Waals surface area contributed by atoms with E-state index in [0.29, 0.717) is 6.54 Å². The maximum absolute atomic E-state index is 11.9. The Morgan fingerprint density at radius 2 is 2.28 bits per heavy atom. The summed E-state index contributed by atoms with van der Waals surface area (Å²) >= 11 is 0.